The van der Waals surface area contributed by atoms with E-state index in [0.29, 0.717) is 6.54 Å². The molecule has 0 radical (unpaired) electrons. The van der Waals surface area contributed by atoms with Crippen LogP contribution in [0.15, 0.2) is 18.5 Å². The highest BCUT2D eigenvalue weighted by atomic mass is 35.5. The first-order chi connectivity index (χ1) is 7.72. The third-order valence-electron chi connectivity index (χ3n) is 2.78. The van der Waals surface area contributed by atoms with Gasteiger partial charge in [-0.15, -0.1) is 24.0 Å². The molecule has 1 aromatic heterocycles. The van der Waals surface area contributed by atoms with Gasteiger partial charge in [-0.25, -0.2) is 4.98 Å². The number of carbonyl (C=O) groups excluding carboxylic acids is 1. The highest BCUT2D eigenvalue weighted by molar-refractivity contribution is 6.27. The second kappa shape index (κ2) is 6.07. The van der Waals surface area contributed by atoms with E-state index in [-0.39, 0.29) is 24.2 Å². The maximum absolute atomic E-state index is 11.4. The summed E-state index contributed by atoms with van der Waals surface area (Å²) in [4.78, 5) is 17.4. The van der Waals surface area contributed by atoms with Crippen LogP contribution < -0.4 is 0 Å². The summed E-state index contributed by atoms with van der Waals surface area (Å²) in [6.07, 6.45) is 6.60. The molecule has 94 valence electrons. The number of hydrogen-bond donors (Lipinski definition) is 0. The van der Waals surface area contributed by atoms with E-state index in [0.717, 1.165) is 18.8 Å². The summed E-state index contributed by atoms with van der Waals surface area (Å²) < 4.78 is 1.99. The Morgan fingerprint density at radius 2 is 2.35 bits per heavy atom. The van der Waals surface area contributed by atoms with E-state index in [1.54, 1.807) is 11.1 Å². The molecule has 0 N–H and O–H groups in total. The van der Waals surface area contributed by atoms with Crippen LogP contribution in [0.2, 0.25) is 0 Å². The van der Waals surface area contributed by atoms with Crippen LogP contribution >= 0.6 is 24.0 Å². The molecular weight excluding hydrogens is 261 g/mol. The van der Waals surface area contributed by atoms with Crippen molar-refractivity contribution >= 4 is 35.5 Å². The van der Waals surface area contributed by atoms with E-state index in [9.17, 15) is 4.79 Å². The number of alkyl halides is 1. The smallest absolute Gasteiger partial charge is 0.237 e. The number of carbonyl (C=O) groups is 1. The molecule has 6 heteroatoms. The van der Waals surface area contributed by atoms with Crippen molar-refractivity contribution in [2.24, 2.45) is 7.05 Å². The molecule has 0 saturated carbocycles. The van der Waals surface area contributed by atoms with Crippen molar-refractivity contribution in [2.75, 3.05) is 19.0 Å². The lowest BCUT2D eigenvalue weighted by molar-refractivity contribution is -0.128. The van der Waals surface area contributed by atoms with Crippen molar-refractivity contribution in [1.82, 2.24) is 14.5 Å². The van der Waals surface area contributed by atoms with Gasteiger partial charge >= 0.3 is 0 Å². The Labute approximate surface area is 112 Å². The van der Waals surface area contributed by atoms with Gasteiger partial charge in [0, 0.05) is 32.5 Å². The molecule has 2 heterocycles. The highest BCUT2D eigenvalue weighted by Crippen LogP contribution is 2.20. The first-order valence-corrected chi connectivity index (χ1v) is 5.76. The van der Waals surface area contributed by atoms with E-state index in [2.05, 4.69) is 11.1 Å². The number of amides is 1. The van der Waals surface area contributed by atoms with Gasteiger partial charge in [-0.2, -0.15) is 0 Å². The van der Waals surface area contributed by atoms with Gasteiger partial charge in [-0.3, -0.25) is 4.79 Å². The Morgan fingerprint density at radius 3 is 2.82 bits per heavy atom. The monoisotopic (exact) mass is 275 g/mol. The SMILES string of the molecule is Cl.Cn1ccnc1C1=CCN(C(=O)CCl)CC1. The van der Waals surface area contributed by atoms with Gasteiger partial charge in [0.15, 0.2) is 0 Å². The van der Waals surface area contributed by atoms with Gasteiger partial charge in [-0.1, -0.05) is 6.08 Å². The lowest BCUT2D eigenvalue weighted by Gasteiger charge is -2.25. The van der Waals surface area contributed by atoms with Crippen molar-refractivity contribution in [2.45, 2.75) is 6.42 Å². The Kier molecular flexibility index (Phi) is 5.02. The average Bonchev–Trinajstić information content (AvgIpc) is 2.75. The fraction of sp³-hybridized carbons (Fsp3) is 0.455. The second-order valence-corrected chi connectivity index (χ2v) is 4.08. The van der Waals surface area contributed by atoms with Gasteiger partial charge in [0.05, 0.1) is 0 Å². The van der Waals surface area contributed by atoms with E-state index < -0.39 is 0 Å². The third-order valence-corrected chi connectivity index (χ3v) is 3.01. The van der Waals surface area contributed by atoms with Gasteiger partial charge in [0.2, 0.25) is 5.91 Å². The zero-order valence-corrected chi connectivity index (χ0v) is 11.2. The molecule has 4 nitrogen and oxygen atoms in total. The molecule has 1 aromatic rings. The molecule has 0 aromatic carbocycles. The highest BCUT2D eigenvalue weighted by Gasteiger charge is 2.18. The molecule has 1 aliphatic rings. The number of rotatable bonds is 2. The van der Waals surface area contributed by atoms with Crippen LogP contribution in [-0.4, -0.2) is 39.3 Å². The Bertz CT molecular complexity index is 428. The van der Waals surface area contributed by atoms with Crippen molar-refractivity contribution in [3.8, 4) is 0 Å². The zero-order valence-electron chi connectivity index (χ0n) is 9.60. The summed E-state index contributed by atoms with van der Waals surface area (Å²) in [6.45, 7) is 1.36. The molecule has 0 saturated heterocycles. The maximum Gasteiger partial charge on any atom is 0.237 e. The predicted molar refractivity (Wildman–Crippen MR) is 70.4 cm³/mol. The number of hydrogen-bond acceptors (Lipinski definition) is 2. The first kappa shape index (κ1) is 14.1. The topological polar surface area (TPSA) is 38.1 Å². The number of nitrogens with zero attached hydrogens (tertiary/aromatic N) is 3. The van der Waals surface area contributed by atoms with E-state index in [1.807, 2.05) is 17.8 Å². The molecule has 1 amide bonds. The first-order valence-electron chi connectivity index (χ1n) is 5.23. The lowest BCUT2D eigenvalue weighted by atomic mass is 10.1. The summed E-state index contributed by atoms with van der Waals surface area (Å²) in [5.74, 6) is 1.04. The molecule has 0 atom stereocenters. The molecule has 0 spiro atoms. The molecule has 1 aliphatic heterocycles. The second-order valence-electron chi connectivity index (χ2n) is 3.81. The fourth-order valence-electron chi connectivity index (χ4n) is 1.86. The number of aromatic nitrogens is 2. The van der Waals surface area contributed by atoms with E-state index in [1.165, 1.54) is 5.57 Å². The van der Waals surface area contributed by atoms with Crippen LogP contribution in [0.3, 0.4) is 0 Å². The Morgan fingerprint density at radius 1 is 1.59 bits per heavy atom. The molecule has 0 fully saturated rings. The van der Waals surface area contributed by atoms with Gasteiger partial charge < -0.3 is 9.47 Å². The van der Waals surface area contributed by atoms with Crippen molar-refractivity contribution in [1.29, 1.82) is 0 Å². The predicted octanol–water partition coefficient (Wildman–Crippen LogP) is 1.70. The minimum Gasteiger partial charge on any atom is -0.338 e. The van der Waals surface area contributed by atoms with Crippen LogP contribution in [0.1, 0.15) is 12.2 Å². The van der Waals surface area contributed by atoms with Crippen molar-refractivity contribution in [3.05, 3.63) is 24.3 Å². The van der Waals surface area contributed by atoms with E-state index >= 15 is 0 Å². The fourth-order valence-corrected chi connectivity index (χ4v) is 2.03. The summed E-state index contributed by atoms with van der Waals surface area (Å²) in [5, 5.41) is 0. The van der Waals surface area contributed by atoms with Crippen LogP contribution in [-0.2, 0) is 11.8 Å². The molecule has 17 heavy (non-hydrogen) atoms. The summed E-state index contributed by atoms with van der Waals surface area (Å²) in [7, 11) is 1.97. The molecule has 0 aliphatic carbocycles. The zero-order chi connectivity index (χ0) is 11.5. The minimum absolute atomic E-state index is 0. The largest absolute Gasteiger partial charge is 0.338 e. The average molecular weight is 276 g/mol. The normalized spacial score (nSPS) is 15.2. The number of imidazole rings is 1. The number of halogens is 2. The van der Waals surface area contributed by atoms with Gasteiger partial charge in [-0.05, 0) is 12.0 Å². The third kappa shape index (κ3) is 3.01. The summed E-state index contributed by atoms with van der Waals surface area (Å²) >= 11 is 5.52. The maximum atomic E-state index is 11.4. The lowest BCUT2D eigenvalue weighted by Crippen LogP contribution is -2.35. The van der Waals surface area contributed by atoms with Crippen LogP contribution in [0.4, 0.5) is 0 Å². The number of aryl methyl sites for hydroxylation is 1. The van der Waals surface area contributed by atoms with Gasteiger partial charge in [0.1, 0.15) is 11.7 Å². The summed E-state index contributed by atoms with van der Waals surface area (Å²) in [6, 6.07) is 0. The molecular formula is C11H15Cl2N3O. The minimum atomic E-state index is -0.00296. The molecule has 2 rings (SSSR count). The summed E-state index contributed by atoms with van der Waals surface area (Å²) in [5.41, 5.74) is 1.20. The molecule has 0 bridgehead atoms. The molecule has 0 unspecified atom stereocenters. The van der Waals surface area contributed by atoms with Crippen LogP contribution in [0.25, 0.3) is 5.57 Å². The van der Waals surface area contributed by atoms with Crippen LogP contribution in [0, 0.1) is 0 Å². The standard InChI is InChI=1S/C11H14ClN3O.ClH/c1-14-7-4-13-11(14)9-2-5-15(6-3-9)10(16)8-12;/h2,4,7H,3,5-6,8H2,1H3;1H. The quantitative estimate of drug-likeness (QED) is 0.771. The van der Waals surface area contributed by atoms with Crippen LogP contribution in [0.5, 0.6) is 0 Å². The van der Waals surface area contributed by atoms with Crippen molar-refractivity contribution in [3.63, 3.8) is 0 Å². The van der Waals surface area contributed by atoms with Crippen molar-refractivity contribution < 1.29 is 4.79 Å². The van der Waals surface area contributed by atoms with E-state index in [4.69, 9.17) is 11.6 Å². The Balaban J connectivity index is 0.00000144. The van der Waals surface area contributed by atoms with Gasteiger partial charge in [0.25, 0.3) is 0 Å². The Hall–Kier alpha value is -1.000.